The van der Waals surface area contributed by atoms with Crippen LogP contribution < -0.4 is 10.9 Å². The van der Waals surface area contributed by atoms with Crippen LogP contribution in [-0.4, -0.2) is 42.1 Å². The van der Waals surface area contributed by atoms with Gasteiger partial charge < -0.3 is 14.6 Å². The molecule has 3 aromatic heterocycles. The number of hydrogen-bond acceptors (Lipinski definition) is 8. The van der Waals surface area contributed by atoms with E-state index in [0.717, 1.165) is 25.1 Å². The number of aromatic nitrogens is 3. The van der Waals surface area contributed by atoms with E-state index in [1.807, 2.05) is 0 Å². The van der Waals surface area contributed by atoms with Gasteiger partial charge in [0.1, 0.15) is 6.04 Å². The zero-order valence-corrected chi connectivity index (χ0v) is 19.0. The van der Waals surface area contributed by atoms with Crippen molar-refractivity contribution in [1.29, 1.82) is 0 Å². The van der Waals surface area contributed by atoms with Gasteiger partial charge in [-0.15, -0.1) is 0 Å². The standard InChI is InChI=1S/C21H21FN4O5S2/c22-17-13-24-21(32-17)25-20(28)16(11-14-5-9-31-10-6-14)26-8-4-15(12-19(26)27)33(29,30)18-3-1-2-7-23-18/h1-4,7-8,12-14,16H,5-6,9-11H2,(H,24,25,28). The fourth-order valence-electron chi connectivity index (χ4n) is 3.67. The summed E-state index contributed by atoms with van der Waals surface area (Å²) in [6.45, 7) is 1.12. The van der Waals surface area contributed by atoms with E-state index < -0.39 is 32.5 Å². The van der Waals surface area contributed by atoms with E-state index in [0.29, 0.717) is 31.0 Å². The minimum absolute atomic E-state index is 0.0804. The van der Waals surface area contributed by atoms with Gasteiger partial charge in [-0.3, -0.25) is 9.59 Å². The summed E-state index contributed by atoms with van der Waals surface area (Å²) in [7, 11) is -3.99. The van der Waals surface area contributed by atoms with Gasteiger partial charge >= 0.3 is 0 Å². The van der Waals surface area contributed by atoms with Crippen molar-refractivity contribution in [1.82, 2.24) is 14.5 Å². The van der Waals surface area contributed by atoms with Crippen LogP contribution in [0, 0.1) is 11.0 Å². The summed E-state index contributed by atoms with van der Waals surface area (Å²) in [5.41, 5.74) is -0.649. The Kier molecular flexibility index (Phi) is 6.96. The SMILES string of the molecule is O=C(Nc1ncc(F)s1)C(CC1CCOCC1)n1ccc(S(=O)(=O)c2ccccn2)cc1=O. The van der Waals surface area contributed by atoms with Crippen molar-refractivity contribution < 1.29 is 22.3 Å². The Morgan fingerprint density at radius 1 is 1.27 bits per heavy atom. The van der Waals surface area contributed by atoms with E-state index in [4.69, 9.17) is 4.74 Å². The maximum atomic E-state index is 13.3. The maximum Gasteiger partial charge on any atom is 0.252 e. The number of amides is 1. The molecule has 1 amide bonds. The number of sulfone groups is 1. The second-order valence-electron chi connectivity index (χ2n) is 7.55. The van der Waals surface area contributed by atoms with Crippen LogP contribution in [-0.2, 0) is 19.4 Å². The molecule has 12 heteroatoms. The molecule has 0 aromatic carbocycles. The summed E-state index contributed by atoms with van der Waals surface area (Å²) in [5.74, 6) is -0.398. The summed E-state index contributed by atoms with van der Waals surface area (Å²) < 4.78 is 45.5. The number of nitrogens with one attached hydrogen (secondary N) is 1. The molecule has 0 radical (unpaired) electrons. The first-order chi connectivity index (χ1) is 15.8. The third kappa shape index (κ3) is 5.34. The van der Waals surface area contributed by atoms with Crippen LogP contribution >= 0.6 is 11.3 Å². The average Bonchev–Trinajstić information content (AvgIpc) is 3.23. The van der Waals surface area contributed by atoms with Crippen LogP contribution in [0.5, 0.6) is 0 Å². The number of halogens is 1. The van der Waals surface area contributed by atoms with Crippen molar-refractivity contribution in [3.63, 3.8) is 0 Å². The third-order valence-corrected chi connectivity index (χ3v) is 7.75. The van der Waals surface area contributed by atoms with Crippen LogP contribution in [0.25, 0.3) is 0 Å². The molecule has 9 nitrogen and oxygen atoms in total. The number of rotatable bonds is 7. The molecule has 0 bridgehead atoms. The minimum atomic E-state index is -3.99. The van der Waals surface area contributed by atoms with E-state index in [2.05, 4.69) is 15.3 Å². The predicted molar refractivity (Wildman–Crippen MR) is 118 cm³/mol. The van der Waals surface area contributed by atoms with Crippen LogP contribution in [0.2, 0.25) is 0 Å². The van der Waals surface area contributed by atoms with Gasteiger partial charge in [0.2, 0.25) is 15.7 Å². The van der Waals surface area contributed by atoms with Crippen molar-refractivity contribution >= 4 is 32.2 Å². The third-order valence-electron chi connectivity index (χ3n) is 5.39. The first-order valence-electron chi connectivity index (χ1n) is 10.2. The van der Waals surface area contributed by atoms with Gasteiger partial charge in [-0.05, 0) is 43.4 Å². The molecule has 1 fully saturated rings. The molecule has 1 saturated heterocycles. The molecule has 1 unspecified atom stereocenters. The summed E-state index contributed by atoms with van der Waals surface area (Å²) in [4.78, 5) is 33.5. The van der Waals surface area contributed by atoms with Crippen molar-refractivity contribution in [3.8, 4) is 0 Å². The molecule has 4 rings (SSSR count). The highest BCUT2D eigenvalue weighted by Gasteiger charge is 2.29. The fourth-order valence-corrected chi connectivity index (χ4v) is 5.41. The molecule has 0 saturated carbocycles. The van der Waals surface area contributed by atoms with Crippen molar-refractivity contribution in [2.75, 3.05) is 18.5 Å². The Bertz CT molecular complexity index is 1290. The number of carbonyl (C=O) groups is 1. The van der Waals surface area contributed by atoms with Gasteiger partial charge in [-0.25, -0.2) is 18.4 Å². The lowest BCUT2D eigenvalue weighted by atomic mass is 9.92. The van der Waals surface area contributed by atoms with E-state index >= 15 is 0 Å². The normalized spacial score (nSPS) is 15.8. The highest BCUT2D eigenvalue weighted by atomic mass is 32.2. The lowest BCUT2D eigenvalue weighted by Gasteiger charge is -2.27. The average molecular weight is 493 g/mol. The molecular weight excluding hydrogens is 471 g/mol. The summed E-state index contributed by atoms with van der Waals surface area (Å²) in [6.07, 6.45) is 5.45. The molecular formula is C21H21FN4O5S2. The van der Waals surface area contributed by atoms with E-state index in [-0.39, 0.29) is 21.0 Å². The van der Waals surface area contributed by atoms with Gasteiger partial charge in [0, 0.05) is 31.7 Å². The smallest absolute Gasteiger partial charge is 0.252 e. The number of hydrogen-bond donors (Lipinski definition) is 1. The van der Waals surface area contributed by atoms with Gasteiger partial charge in [-0.1, -0.05) is 17.4 Å². The monoisotopic (exact) mass is 492 g/mol. The topological polar surface area (TPSA) is 120 Å². The van der Waals surface area contributed by atoms with E-state index in [9.17, 15) is 22.4 Å². The zero-order valence-electron chi connectivity index (χ0n) is 17.4. The fraction of sp³-hybridized carbons (Fsp3) is 0.333. The second kappa shape index (κ2) is 9.89. The summed E-state index contributed by atoms with van der Waals surface area (Å²) in [5, 5.41) is 1.91. The number of nitrogens with zero attached hydrogens (tertiary/aromatic N) is 3. The van der Waals surface area contributed by atoms with Gasteiger partial charge in [0.25, 0.3) is 5.56 Å². The van der Waals surface area contributed by atoms with Gasteiger partial charge in [0.05, 0.1) is 11.1 Å². The Labute approximate surface area is 193 Å². The summed E-state index contributed by atoms with van der Waals surface area (Å²) in [6, 6.07) is 5.80. The Hall–Kier alpha value is -2.96. The maximum absolute atomic E-state index is 13.3. The Morgan fingerprint density at radius 3 is 2.70 bits per heavy atom. The molecule has 1 aliphatic heterocycles. The molecule has 4 heterocycles. The second-order valence-corrected chi connectivity index (χ2v) is 10.4. The minimum Gasteiger partial charge on any atom is -0.381 e. The van der Waals surface area contributed by atoms with E-state index in [1.165, 1.54) is 35.2 Å². The van der Waals surface area contributed by atoms with Crippen LogP contribution in [0.1, 0.15) is 25.3 Å². The number of pyridine rings is 2. The van der Waals surface area contributed by atoms with Crippen LogP contribution in [0.4, 0.5) is 9.52 Å². The predicted octanol–water partition coefficient (Wildman–Crippen LogP) is 2.67. The molecule has 1 aliphatic rings. The largest absolute Gasteiger partial charge is 0.381 e. The Balaban J connectivity index is 1.65. The van der Waals surface area contributed by atoms with Crippen LogP contribution in [0.3, 0.4) is 0 Å². The Morgan fingerprint density at radius 2 is 2.06 bits per heavy atom. The molecule has 33 heavy (non-hydrogen) atoms. The lowest BCUT2D eigenvalue weighted by molar-refractivity contribution is -0.120. The van der Waals surface area contributed by atoms with Crippen molar-refractivity contribution in [2.45, 2.75) is 35.2 Å². The molecule has 0 aliphatic carbocycles. The molecule has 174 valence electrons. The lowest BCUT2D eigenvalue weighted by Crippen LogP contribution is -2.35. The molecule has 1 N–H and O–H groups in total. The first kappa shape index (κ1) is 23.2. The summed E-state index contributed by atoms with van der Waals surface area (Å²) >= 11 is 0.679. The molecule has 0 spiro atoms. The zero-order chi connectivity index (χ0) is 23.4. The highest BCUT2D eigenvalue weighted by molar-refractivity contribution is 7.91. The molecule has 3 aromatic rings. The number of anilines is 1. The van der Waals surface area contributed by atoms with Gasteiger partial charge in [-0.2, -0.15) is 4.39 Å². The highest BCUT2D eigenvalue weighted by Crippen LogP contribution is 2.27. The van der Waals surface area contributed by atoms with Crippen molar-refractivity contribution in [2.24, 2.45) is 5.92 Å². The quantitative estimate of drug-likeness (QED) is 0.538. The molecule has 1 atom stereocenters. The van der Waals surface area contributed by atoms with Gasteiger partial charge in [0.15, 0.2) is 15.3 Å². The van der Waals surface area contributed by atoms with Crippen molar-refractivity contribution in [3.05, 3.63) is 64.4 Å². The number of ether oxygens (including phenoxy) is 1. The van der Waals surface area contributed by atoms with Crippen LogP contribution in [0.15, 0.2) is 63.6 Å². The first-order valence-corrected chi connectivity index (χ1v) is 12.5. The van der Waals surface area contributed by atoms with E-state index in [1.54, 1.807) is 6.07 Å². The number of carbonyl (C=O) groups excluding carboxylic acids is 1. The number of thiazole rings is 1.